The van der Waals surface area contributed by atoms with Gasteiger partial charge in [-0.3, -0.25) is 14.2 Å². The lowest BCUT2D eigenvalue weighted by Gasteiger charge is -2.28. The van der Waals surface area contributed by atoms with E-state index in [1.165, 1.54) is 21.2 Å². The summed E-state index contributed by atoms with van der Waals surface area (Å²) in [5.74, 6) is 0. The van der Waals surface area contributed by atoms with Crippen molar-refractivity contribution in [2.24, 2.45) is 0 Å². The van der Waals surface area contributed by atoms with Crippen LogP contribution in [0.3, 0.4) is 0 Å². The number of aromatic amines is 1. The van der Waals surface area contributed by atoms with Gasteiger partial charge in [0, 0.05) is 48.0 Å². The quantitative estimate of drug-likeness (QED) is 0.250. The Morgan fingerprint density at radius 2 is 1.92 bits per heavy atom. The van der Waals surface area contributed by atoms with E-state index in [1.54, 1.807) is 35.0 Å². The van der Waals surface area contributed by atoms with Crippen molar-refractivity contribution in [1.29, 1.82) is 0 Å². The zero-order chi connectivity index (χ0) is 25.3. The molecule has 5 rings (SSSR count). The molecule has 0 fully saturated rings. The number of nitrogens with one attached hydrogen (secondary N) is 1. The topological polar surface area (TPSA) is 82.2 Å². The number of pyridine rings is 1. The first-order valence-corrected chi connectivity index (χ1v) is 14.7. The van der Waals surface area contributed by atoms with Crippen LogP contribution in [-0.2, 0) is 23.1 Å². The summed E-state index contributed by atoms with van der Waals surface area (Å²) < 4.78 is 28.8. The largest absolute Gasteiger partial charge is 0.351 e. The number of anilines is 1. The normalized spacial score (nSPS) is 12.1. The first-order chi connectivity index (χ1) is 17.3. The molecule has 36 heavy (non-hydrogen) atoms. The summed E-state index contributed by atoms with van der Waals surface area (Å²) in [6, 6.07) is 15.0. The van der Waals surface area contributed by atoms with Crippen LogP contribution in [0.4, 0.5) is 5.69 Å². The minimum absolute atomic E-state index is 0.253. The molecular formula is C26H27N5O2S3. The highest BCUT2D eigenvalue weighted by molar-refractivity contribution is 7.94. The minimum Gasteiger partial charge on any atom is -0.351 e. The number of H-pyrrole nitrogens is 1. The number of fused-ring (bicyclic) bond motifs is 1. The number of thiophene rings is 1. The molecule has 10 heteroatoms. The van der Waals surface area contributed by atoms with Crippen LogP contribution in [0.2, 0.25) is 0 Å². The van der Waals surface area contributed by atoms with Gasteiger partial charge in [-0.25, -0.2) is 13.4 Å². The fraction of sp³-hybridized carbons (Fsp3) is 0.231. The van der Waals surface area contributed by atoms with Crippen LogP contribution in [0.1, 0.15) is 24.3 Å². The lowest BCUT2D eigenvalue weighted by molar-refractivity contribution is 0.321. The van der Waals surface area contributed by atoms with Crippen molar-refractivity contribution in [3.8, 4) is 10.7 Å². The van der Waals surface area contributed by atoms with Gasteiger partial charge in [0.1, 0.15) is 9.22 Å². The Bertz CT molecular complexity index is 1560. The fourth-order valence-corrected chi connectivity index (χ4v) is 7.98. The van der Waals surface area contributed by atoms with Gasteiger partial charge in [0.05, 0.1) is 16.9 Å². The van der Waals surface area contributed by atoms with Crippen molar-refractivity contribution in [3.63, 3.8) is 0 Å². The lowest BCUT2D eigenvalue weighted by Crippen LogP contribution is -2.36. The predicted molar refractivity (Wildman–Crippen MR) is 148 cm³/mol. The summed E-state index contributed by atoms with van der Waals surface area (Å²) in [6.45, 7) is 5.37. The Kier molecular flexibility index (Phi) is 6.94. The van der Waals surface area contributed by atoms with Crippen molar-refractivity contribution in [1.82, 2.24) is 19.9 Å². The molecule has 4 aromatic heterocycles. The molecule has 7 nitrogen and oxygen atoms in total. The standard InChI is InChI=1S/C26H27N5O2S3/c1-18(2)31(36(32,33)24-10-6-12-34-24)23-9-4-8-20-13-22(29-25(20)23)26-28-15-21(35-26)17-30(3)16-19-7-5-11-27-14-19/h4-15,18,29H,16-17H2,1-3H3. The van der Waals surface area contributed by atoms with E-state index < -0.39 is 10.0 Å². The molecule has 1 N–H and O–H groups in total. The van der Waals surface area contributed by atoms with Gasteiger partial charge in [-0.15, -0.1) is 22.7 Å². The van der Waals surface area contributed by atoms with Gasteiger partial charge in [0.15, 0.2) is 0 Å². The van der Waals surface area contributed by atoms with Crippen molar-refractivity contribution < 1.29 is 8.42 Å². The number of para-hydroxylation sites is 1. The van der Waals surface area contributed by atoms with E-state index in [9.17, 15) is 8.42 Å². The fourth-order valence-electron chi connectivity index (χ4n) is 4.26. The number of aromatic nitrogens is 3. The van der Waals surface area contributed by atoms with Gasteiger partial charge in [0.25, 0.3) is 10.0 Å². The molecule has 0 aliphatic rings. The van der Waals surface area contributed by atoms with Crippen molar-refractivity contribution >= 4 is 49.3 Å². The maximum absolute atomic E-state index is 13.5. The molecule has 0 atom stereocenters. The second-order valence-corrected chi connectivity index (χ2v) is 13.0. The molecule has 0 radical (unpaired) electrons. The van der Waals surface area contributed by atoms with E-state index in [1.807, 2.05) is 56.6 Å². The first kappa shape index (κ1) is 24.6. The van der Waals surface area contributed by atoms with Crippen molar-refractivity contribution in [2.75, 3.05) is 11.4 Å². The Morgan fingerprint density at radius 3 is 2.64 bits per heavy atom. The molecule has 5 aromatic rings. The summed E-state index contributed by atoms with van der Waals surface area (Å²) in [7, 11) is -1.60. The van der Waals surface area contributed by atoms with E-state index in [0.29, 0.717) is 9.90 Å². The van der Waals surface area contributed by atoms with E-state index in [2.05, 4.69) is 33.0 Å². The SMILES string of the molecule is CC(C)N(c1cccc2cc(-c3ncc(CN(C)Cc4cccnc4)s3)[nH]c12)S(=O)(=O)c1cccs1. The van der Waals surface area contributed by atoms with E-state index in [0.717, 1.165) is 39.6 Å². The monoisotopic (exact) mass is 537 g/mol. The third-order valence-corrected chi connectivity index (χ3v) is 10.1. The molecule has 0 bridgehead atoms. The van der Waals surface area contributed by atoms with Gasteiger partial charge in [0.2, 0.25) is 0 Å². The zero-order valence-corrected chi connectivity index (χ0v) is 22.7. The highest BCUT2D eigenvalue weighted by Gasteiger charge is 2.30. The van der Waals surface area contributed by atoms with Crippen LogP contribution in [0, 0.1) is 0 Å². The van der Waals surface area contributed by atoms with Gasteiger partial charge >= 0.3 is 0 Å². The van der Waals surface area contributed by atoms with E-state index in [-0.39, 0.29) is 6.04 Å². The van der Waals surface area contributed by atoms with Gasteiger partial charge in [-0.1, -0.05) is 24.3 Å². The smallest absolute Gasteiger partial charge is 0.274 e. The molecule has 0 saturated carbocycles. The van der Waals surface area contributed by atoms with Crippen LogP contribution in [0.5, 0.6) is 0 Å². The van der Waals surface area contributed by atoms with Gasteiger partial charge < -0.3 is 4.98 Å². The number of rotatable bonds is 9. The Balaban J connectivity index is 1.43. The maximum atomic E-state index is 13.5. The lowest BCUT2D eigenvalue weighted by atomic mass is 10.2. The van der Waals surface area contributed by atoms with Crippen LogP contribution >= 0.6 is 22.7 Å². The molecule has 1 aromatic carbocycles. The molecule has 186 valence electrons. The minimum atomic E-state index is -3.68. The summed E-state index contributed by atoms with van der Waals surface area (Å²) in [5.41, 5.74) is 3.46. The first-order valence-electron chi connectivity index (χ1n) is 11.5. The van der Waals surface area contributed by atoms with Crippen molar-refractivity contribution in [2.45, 2.75) is 37.2 Å². The Morgan fingerprint density at radius 1 is 1.06 bits per heavy atom. The molecule has 0 aliphatic carbocycles. The third-order valence-electron chi connectivity index (χ3n) is 5.73. The van der Waals surface area contributed by atoms with Crippen LogP contribution in [0.15, 0.2) is 76.7 Å². The molecular weight excluding hydrogens is 511 g/mol. The summed E-state index contributed by atoms with van der Waals surface area (Å²) in [6.07, 6.45) is 5.58. The highest BCUT2D eigenvalue weighted by atomic mass is 32.2. The number of thiazole rings is 1. The second kappa shape index (κ2) is 10.1. The molecule has 0 saturated heterocycles. The van der Waals surface area contributed by atoms with E-state index in [4.69, 9.17) is 0 Å². The van der Waals surface area contributed by atoms with Crippen LogP contribution in [-0.4, -0.2) is 41.4 Å². The summed E-state index contributed by atoms with van der Waals surface area (Å²) in [4.78, 5) is 15.7. The summed E-state index contributed by atoms with van der Waals surface area (Å²) >= 11 is 2.86. The maximum Gasteiger partial charge on any atom is 0.274 e. The average molecular weight is 538 g/mol. The number of hydrogen-bond acceptors (Lipinski definition) is 7. The number of nitrogens with zero attached hydrogens (tertiary/aromatic N) is 4. The Labute approximate surface area is 219 Å². The zero-order valence-electron chi connectivity index (χ0n) is 20.2. The molecule has 4 heterocycles. The second-order valence-electron chi connectivity index (χ2n) is 8.92. The van der Waals surface area contributed by atoms with Crippen LogP contribution < -0.4 is 4.31 Å². The van der Waals surface area contributed by atoms with E-state index >= 15 is 0 Å². The number of hydrogen-bond donors (Lipinski definition) is 1. The molecule has 0 unspecified atom stereocenters. The average Bonchev–Trinajstić information content (AvgIpc) is 3.60. The Hall–Kier alpha value is -3.05. The van der Waals surface area contributed by atoms with Gasteiger partial charge in [-0.05, 0) is 56.1 Å². The van der Waals surface area contributed by atoms with Crippen molar-refractivity contribution in [3.05, 3.63) is 82.9 Å². The molecule has 0 spiro atoms. The van der Waals surface area contributed by atoms with Crippen LogP contribution in [0.25, 0.3) is 21.6 Å². The highest BCUT2D eigenvalue weighted by Crippen LogP contribution is 2.36. The van der Waals surface area contributed by atoms with Gasteiger partial charge in [-0.2, -0.15) is 0 Å². The number of benzene rings is 1. The third kappa shape index (κ3) is 4.94. The number of sulfonamides is 1. The molecule has 0 amide bonds. The molecule has 0 aliphatic heterocycles. The summed E-state index contributed by atoms with van der Waals surface area (Å²) in [5, 5.41) is 3.60. The predicted octanol–water partition coefficient (Wildman–Crippen LogP) is 5.98.